The molecule has 0 aromatic heterocycles. The van der Waals surface area contributed by atoms with Gasteiger partial charge in [-0.3, -0.25) is 9.59 Å². The molecule has 0 aliphatic rings. The molecule has 0 saturated carbocycles. The second-order valence-corrected chi connectivity index (χ2v) is 7.60. The summed E-state index contributed by atoms with van der Waals surface area (Å²) in [6, 6.07) is 11.1. The van der Waals surface area contributed by atoms with E-state index < -0.39 is 0 Å². The molecule has 26 heavy (non-hydrogen) atoms. The first-order chi connectivity index (χ1) is 12.4. The number of halogens is 1. The summed E-state index contributed by atoms with van der Waals surface area (Å²) in [6.07, 6.45) is 0. The van der Waals surface area contributed by atoms with E-state index in [0.717, 1.165) is 14.9 Å². The zero-order chi connectivity index (χ0) is 19.1. The Hall–Kier alpha value is -1.79. The summed E-state index contributed by atoms with van der Waals surface area (Å²) in [5, 5.41) is 0. The summed E-state index contributed by atoms with van der Waals surface area (Å²) in [4.78, 5) is 24.7. The van der Waals surface area contributed by atoms with Crippen molar-refractivity contribution < 1.29 is 19.1 Å². The fraction of sp³-hybridized carbons (Fsp3) is 0.300. The molecule has 138 valence electrons. The molecule has 0 fully saturated rings. The van der Waals surface area contributed by atoms with Crippen molar-refractivity contribution in [2.45, 2.75) is 32.3 Å². The lowest BCUT2D eigenvalue weighted by Gasteiger charge is -2.12. The lowest BCUT2D eigenvalue weighted by molar-refractivity contribution is -0.141. The fourth-order valence-electron chi connectivity index (χ4n) is 2.32. The van der Waals surface area contributed by atoms with Crippen molar-refractivity contribution in [3.63, 3.8) is 0 Å². The first-order valence-electron chi connectivity index (χ1n) is 8.22. The van der Waals surface area contributed by atoms with E-state index in [0.29, 0.717) is 23.5 Å². The van der Waals surface area contributed by atoms with E-state index in [2.05, 4.69) is 15.9 Å². The van der Waals surface area contributed by atoms with E-state index in [-0.39, 0.29) is 24.1 Å². The minimum Gasteiger partial charge on any atom is -0.493 e. The molecule has 0 unspecified atom stereocenters. The molecule has 0 bridgehead atoms. The molecule has 4 nitrogen and oxygen atoms in total. The minimum atomic E-state index is -0.312. The monoisotopic (exact) mass is 436 g/mol. The summed E-state index contributed by atoms with van der Waals surface area (Å²) in [5.41, 5.74) is 2.36. The van der Waals surface area contributed by atoms with E-state index in [1.807, 2.05) is 32.0 Å². The van der Waals surface area contributed by atoms with Crippen LogP contribution in [-0.2, 0) is 16.1 Å². The molecule has 0 heterocycles. The Bertz CT molecular complexity index is 804. The molecule has 2 aromatic rings. The first-order valence-corrected chi connectivity index (χ1v) is 9.99. The van der Waals surface area contributed by atoms with Crippen LogP contribution in [-0.4, -0.2) is 24.1 Å². The lowest BCUT2D eigenvalue weighted by Crippen LogP contribution is -2.09. The molecule has 2 aromatic carbocycles. The van der Waals surface area contributed by atoms with Crippen molar-refractivity contribution in [1.82, 2.24) is 0 Å². The molecule has 0 atom stereocenters. The van der Waals surface area contributed by atoms with Gasteiger partial charge in [-0.1, -0.05) is 15.9 Å². The average molecular weight is 437 g/mol. The van der Waals surface area contributed by atoms with Gasteiger partial charge in [0.2, 0.25) is 0 Å². The topological polar surface area (TPSA) is 52.6 Å². The van der Waals surface area contributed by atoms with E-state index in [9.17, 15) is 9.59 Å². The second kappa shape index (κ2) is 9.78. The Morgan fingerprint density at radius 3 is 2.58 bits per heavy atom. The van der Waals surface area contributed by atoms with Crippen LogP contribution in [0.4, 0.5) is 0 Å². The van der Waals surface area contributed by atoms with Gasteiger partial charge in [0.25, 0.3) is 0 Å². The van der Waals surface area contributed by atoms with Crippen molar-refractivity contribution in [2.24, 2.45) is 0 Å². The summed E-state index contributed by atoms with van der Waals surface area (Å²) in [5.74, 6) is 0.496. The van der Waals surface area contributed by atoms with Gasteiger partial charge in [0.15, 0.2) is 5.78 Å². The maximum atomic E-state index is 12.1. The average Bonchev–Trinajstić information content (AvgIpc) is 2.60. The number of aryl methyl sites for hydroxylation is 1. The predicted molar refractivity (Wildman–Crippen MR) is 107 cm³/mol. The van der Waals surface area contributed by atoms with Crippen LogP contribution in [0.15, 0.2) is 45.8 Å². The highest BCUT2D eigenvalue weighted by Gasteiger charge is 2.12. The van der Waals surface area contributed by atoms with Crippen LogP contribution >= 0.6 is 27.7 Å². The quantitative estimate of drug-likeness (QED) is 0.323. The van der Waals surface area contributed by atoms with E-state index >= 15 is 0 Å². The van der Waals surface area contributed by atoms with Crippen molar-refractivity contribution >= 4 is 39.4 Å². The SMILES string of the molecule is CCOc1ccc(C(C)=O)cc1COC(=O)CSc1ccc(Br)cc1C. The molecule has 0 aliphatic carbocycles. The summed E-state index contributed by atoms with van der Waals surface area (Å²) < 4.78 is 11.9. The van der Waals surface area contributed by atoms with Crippen molar-refractivity contribution in [2.75, 3.05) is 12.4 Å². The molecule has 6 heteroatoms. The second-order valence-electron chi connectivity index (χ2n) is 5.67. The number of hydrogen-bond donors (Lipinski definition) is 0. The number of esters is 1. The molecule has 2 rings (SSSR count). The molecule has 0 saturated heterocycles. The van der Waals surface area contributed by atoms with Gasteiger partial charge in [0, 0.05) is 20.5 Å². The number of carbonyl (C=O) groups is 2. The van der Waals surface area contributed by atoms with E-state index in [1.165, 1.54) is 18.7 Å². The van der Waals surface area contributed by atoms with Crippen LogP contribution in [0.2, 0.25) is 0 Å². The van der Waals surface area contributed by atoms with Crippen LogP contribution in [0.5, 0.6) is 5.75 Å². The third-order valence-corrected chi connectivity index (χ3v) is 5.28. The summed E-state index contributed by atoms with van der Waals surface area (Å²) >= 11 is 4.87. The maximum absolute atomic E-state index is 12.1. The van der Waals surface area contributed by atoms with Crippen LogP contribution in [0.3, 0.4) is 0 Å². The maximum Gasteiger partial charge on any atom is 0.316 e. The Kier molecular flexibility index (Phi) is 7.72. The molecular weight excluding hydrogens is 416 g/mol. The van der Waals surface area contributed by atoms with Crippen molar-refractivity contribution in [3.05, 3.63) is 57.6 Å². The van der Waals surface area contributed by atoms with Gasteiger partial charge in [-0.2, -0.15) is 0 Å². The molecule has 0 radical (unpaired) electrons. The number of hydrogen-bond acceptors (Lipinski definition) is 5. The molecule has 0 spiro atoms. The van der Waals surface area contributed by atoms with Crippen LogP contribution < -0.4 is 4.74 Å². The van der Waals surface area contributed by atoms with Gasteiger partial charge < -0.3 is 9.47 Å². The third kappa shape index (κ3) is 5.88. The molecule has 0 amide bonds. The third-order valence-electron chi connectivity index (χ3n) is 3.64. The Balaban J connectivity index is 1.97. The highest BCUT2D eigenvalue weighted by atomic mass is 79.9. The number of Topliss-reactive ketones (excluding diaryl/α,β-unsaturated/α-hetero) is 1. The first kappa shape index (κ1) is 20.5. The number of ketones is 1. The van der Waals surface area contributed by atoms with Gasteiger partial charge in [-0.15, -0.1) is 11.8 Å². The number of thioether (sulfide) groups is 1. The smallest absolute Gasteiger partial charge is 0.316 e. The summed E-state index contributed by atoms with van der Waals surface area (Å²) in [6.45, 7) is 5.96. The Morgan fingerprint density at radius 1 is 1.15 bits per heavy atom. The zero-order valence-corrected chi connectivity index (χ0v) is 17.4. The van der Waals surface area contributed by atoms with Gasteiger partial charge in [0.1, 0.15) is 12.4 Å². The molecular formula is C20H21BrO4S. The summed E-state index contributed by atoms with van der Waals surface area (Å²) in [7, 11) is 0. The largest absolute Gasteiger partial charge is 0.493 e. The van der Waals surface area contributed by atoms with E-state index in [4.69, 9.17) is 9.47 Å². The van der Waals surface area contributed by atoms with Crippen LogP contribution in [0.1, 0.15) is 35.3 Å². The standard InChI is InChI=1S/C20H21BrO4S/c1-4-24-18-7-5-15(14(3)22)10-16(18)11-25-20(23)12-26-19-8-6-17(21)9-13(19)2/h5-10H,4,11-12H2,1-3H3. The Labute approximate surface area is 166 Å². The molecule has 0 N–H and O–H groups in total. The normalized spacial score (nSPS) is 10.5. The Morgan fingerprint density at radius 2 is 1.92 bits per heavy atom. The highest BCUT2D eigenvalue weighted by Crippen LogP contribution is 2.26. The van der Waals surface area contributed by atoms with Crippen molar-refractivity contribution in [3.8, 4) is 5.75 Å². The van der Waals surface area contributed by atoms with Crippen molar-refractivity contribution in [1.29, 1.82) is 0 Å². The van der Waals surface area contributed by atoms with Gasteiger partial charge >= 0.3 is 5.97 Å². The zero-order valence-electron chi connectivity index (χ0n) is 15.0. The van der Waals surface area contributed by atoms with Gasteiger partial charge in [0.05, 0.1) is 12.4 Å². The minimum absolute atomic E-state index is 0.0399. The number of benzene rings is 2. The fourth-order valence-corrected chi connectivity index (χ4v) is 3.60. The number of carbonyl (C=O) groups excluding carboxylic acids is 2. The van der Waals surface area contributed by atoms with E-state index in [1.54, 1.807) is 18.2 Å². The highest BCUT2D eigenvalue weighted by molar-refractivity contribution is 9.10. The number of ether oxygens (including phenoxy) is 2. The van der Waals surface area contributed by atoms with Crippen LogP contribution in [0, 0.1) is 6.92 Å². The van der Waals surface area contributed by atoms with Crippen LogP contribution in [0.25, 0.3) is 0 Å². The number of rotatable bonds is 8. The predicted octanol–water partition coefficient (Wildman–Crippen LogP) is 5.19. The van der Waals surface area contributed by atoms with Gasteiger partial charge in [-0.25, -0.2) is 0 Å². The molecule has 0 aliphatic heterocycles. The van der Waals surface area contributed by atoms with Gasteiger partial charge in [-0.05, 0) is 62.7 Å². The lowest BCUT2D eigenvalue weighted by atomic mass is 10.1.